The zero-order valence-electron chi connectivity index (χ0n) is 18.4. The lowest BCUT2D eigenvalue weighted by Gasteiger charge is -2.20. The van der Waals surface area contributed by atoms with Crippen molar-refractivity contribution in [3.05, 3.63) is 48.1 Å². The summed E-state index contributed by atoms with van der Waals surface area (Å²) in [6.45, 7) is 9.23. The molecule has 7 heteroatoms. The lowest BCUT2D eigenvalue weighted by molar-refractivity contribution is -0.122. The Hall–Kier alpha value is -2.83. The second kappa shape index (κ2) is 10.3. The molecule has 0 fully saturated rings. The van der Waals surface area contributed by atoms with Crippen LogP contribution >= 0.6 is 0 Å². The highest BCUT2D eigenvalue weighted by Gasteiger charge is 2.18. The first-order valence-corrected chi connectivity index (χ1v) is 10.8. The zero-order chi connectivity index (χ0) is 21.5. The van der Waals surface area contributed by atoms with Crippen LogP contribution in [0, 0.1) is 12.8 Å². The molecule has 3 aromatic rings. The molecule has 3 heterocycles. The monoisotopic (exact) mass is 408 g/mol. The average Bonchev–Trinajstić information content (AvgIpc) is 3.05. The third-order valence-corrected chi connectivity index (χ3v) is 5.24. The van der Waals surface area contributed by atoms with Crippen LogP contribution < -0.4 is 5.32 Å². The summed E-state index contributed by atoms with van der Waals surface area (Å²) >= 11 is 0. The molecule has 0 aliphatic carbocycles. The van der Waals surface area contributed by atoms with E-state index in [-0.39, 0.29) is 11.9 Å². The number of aromatic nitrogens is 5. The van der Waals surface area contributed by atoms with Crippen molar-refractivity contribution in [3.63, 3.8) is 0 Å². The Morgan fingerprint density at radius 1 is 1.13 bits per heavy atom. The third kappa shape index (κ3) is 5.62. The Morgan fingerprint density at radius 2 is 1.97 bits per heavy atom. The number of aryl methyl sites for hydroxylation is 3. The number of nitrogens with zero attached hydrogens (tertiary/aromatic N) is 5. The number of carbonyl (C=O) groups is 1. The van der Waals surface area contributed by atoms with Crippen molar-refractivity contribution in [2.45, 2.75) is 72.4 Å². The van der Waals surface area contributed by atoms with Crippen molar-refractivity contribution in [2.75, 3.05) is 0 Å². The van der Waals surface area contributed by atoms with Crippen LogP contribution in [0.15, 0.2) is 30.9 Å². The molecule has 30 heavy (non-hydrogen) atoms. The van der Waals surface area contributed by atoms with Gasteiger partial charge in [-0.1, -0.05) is 20.8 Å². The number of amides is 1. The fourth-order valence-electron chi connectivity index (χ4n) is 3.69. The van der Waals surface area contributed by atoms with E-state index in [1.165, 1.54) is 0 Å². The smallest absolute Gasteiger partial charge is 0.220 e. The Bertz CT molecular complexity index is 981. The molecule has 0 spiro atoms. The van der Waals surface area contributed by atoms with Crippen LogP contribution in [0.5, 0.6) is 0 Å². The van der Waals surface area contributed by atoms with Crippen LogP contribution in [-0.4, -0.2) is 30.4 Å². The maximum Gasteiger partial charge on any atom is 0.220 e. The zero-order valence-corrected chi connectivity index (χ0v) is 18.4. The van der Waals surface area contributed by atoms with E-state index in [0.717, 1.165) is 60.5 Å². The minimum absolute atomic E-state index is 0.0702. The summed E-state index contributed by atoms with van der Waals surface area (Å²) in [5.74, 6) is 1.50. The van der Waals surface area contributed by atoms with Gasteiger partial charge in [-0.15, -0.1) is 0 Å². The predicted molar refractivity (Wildman–Crippen MR) is 118 cm³/mol. The van der Waals surface area contributed by atoms with Gasteiger partial charge in [0.2, 0.25) is 5.91 Å². The van der Waals surface area contributed by atoms with Gasteiger partial charge in [-0.25, -0.2) is 4.98 Å². The second-order valence-corrected chi connectivity index (χ2v) is 8.17. The predicted octanol–water partition coefficient (Wildman–Crippen LogP) is 4.17. The number of hydrogen-bond donors (Lipinski definition) is 1. The van der Waals surface area contributed by atoms with Gasteiger partial charge in [0.25, 0.3) is 0 Å². The van der Waals surface area contributed by atoms with Crippen LogP contribution in [0.25, 0.3) is 11.0 Å². The van der Waals surface area contributed by atoms with Crippen molar-refractivity contribution in [3.8, 4) is 0 Å². The Kier molecular flexibility index (Phi) is 7.49. The molecule has 0 saturated heterocycles. The largest absolute Gasteiger partial charge is 0.348 e. The van der Waals surface area contributed by atoms with E-state index in [0.29, 0.717) is 12.3 Å². The topological polar surface area (TPSA) is 85.6 Å². The molecule has 160 valence electrons. The Labute approximate surface area is 178 Å². The highest BCUT2D eigenvalue weighted by atomic mass is 16.1. The van der Waals surface area contributed by atoms with Crippen LogP contribution in [0.4, 0.5) is 0 Å². The van der Waals surface area contributed by atoms with Gasteiger partial charge < -0.3 is 9.88 Å². The Balaban J connectivity index is 1.54. The van der Waals surface area contributed by atoms with Gasteiger partial charge >= 0.3 is 0 Å². The second-order valence-electron chi connectivity index (χ2n) is 8.17. The first kappa shape index (κ1) is 21.9. The molecule has 1 amide bonds. The normalized spacial score (nSPS) is 12.4. The summed E-state index contributed by atoms with van der Waals surface area (Å²) in [4.78, 5) is 30.3. The van der Waals surface area contributed by atoms with Gasteiger partial charge in [0, 0.05) is 25.4 Å². The van der Waals surface area contributed by atoms with Crippen LogP contribution in [0.1, 0.15) is 69.7 Å². The van der Waals surface area contributed by atoms with Gasteiger partial charge in [0.15, 0.2) is 0 Å². The van der Waals surface area contributed by atoms with Gasteiger partial charge in [-0.05, 0) is 44.6 Å². The van der Waals surface area contributed by atoms with Crippen molar-refractivity contribution < 1.29 is 4.79 Å². The number of nitrogens with one attached hydrogen (secondary N) is 1. The molecule has 3 rings (SSSR count). The van der Waals surface area contributed by atoms with E-state index in [1.54, 1.807) is 24.8 Å². The number of fused-ring (bicyclic) bond motifs is 1. The standard InChI is InChI=1S/C23H32N6O/c1-5-18-13-25-14-20(27-18)19(12-16(2)3)28-23(30)8-6-7-11-29-17(4)26-21-15-24-10-9-22(21)29/h9-10,13-16,19H,5-8,11-12H2,1-4H3,(H,28,30). The number of imidazole rings is 1. The summed E-state index contributed by atoms with van der Waals surface area (Å²) in [6, 6.07) is 1.90. The van der Waals surface area contributed by atoms with Gasteiger partial charge in [-0.3, -0.25) is 19.7 Å². The molecule has 1 unspecified atom stereocenters. The molecule has 0 bridgehead atoms. The first-order chi connectivity index (χ1) is 14.5. The third-order valence-electron chi connectivity index (χ3n) is 5.24. The minimum Gasteiger partial charge on any atom is -0.348 e. The number of unbranched alkanes of at least 4 members (excludes halogenated alkanes) is 1. The maximum atomic E-state index is 12.6. The summed E-state index contributed by atoms with van der Waals surface area (Å²) < 4.78 is 2.20. The molecular formula is C23H32N6O. The van der Waals surface area contributed by atoms with Gasteiger partial charge in [-0.2, -0.15) is 0 Å². The van der Waals surface area contributed by atoms with E-state index in [4.69, 9.17) is 0 Å². The molecule has 0 aliphatic heterocycles. The van der Waals surface area contributed by atoms with Crippen LogP contribution in [-0.2, 0) is 17.8 Å². The molecule has 1 N–H and O–H groups in total. The molecule has 0 saturated carbocycles. The number of carbonyl (C=O) groups excluding carboxylic acids is 1. The molecule has 3 aromatic heterocycles. The molecule has 7 nitrogen and oxygen atoms in total. The molecule has 0 aliphatic rings. The minimum atomic E-state index is -0.0937. The fraction of sp³-hybridized carbons (Fsp3) is 0.522. The van der Waals surface area contributed by atoms with Crippen LogP contribution in [0.3, 0.4) is 0 Å². The summed E-state index contributed by atoms with van der Waals surface area (Å²) in [5.41, 5.74) is 3.82. The van der Waals surface area contributed by atoms with Crippen molar-refractivity contribution in [2.24, 2.45) is 5.92 Å². The van der Waals surface area contributed by atoms with Gasteiger partial charge in [0.1, 0.15) is 11.3 Å². The van der Waals surface area contributed by atoms with E-state index in [1.807, 2.05) is 13.0 Å². The summed E-state index contributed by atoms with van der Waals surface area (Å²) in [6.07, 6.45) is 11.1. The lowest BCUT2D eigenvalue weighted by Crippen LogP contribution is -2.30. The SMILES string of the molecule is CCc1cncc(C(CC(C)C)NC(=O)CCCCn2c(C)nc3cnccc32)n1. The first-order valence-electron chi connectivity index (χ1n) is 10.8. The average molecular weight is 409 g/mol. The number of pyridine rings is 1. The quantitative estimate of drug-likeness (QED) is 0.509. The Morgan fingerprint density at radius 3 is 2.73 bits per heavy atom. The molecule has 0 radical (unpaired) electrons. The highest BCUT2D eigenvalue weighted by Crippen LogP contribution is 2.20. The van der Waals surface area contributed by atoms with E-state index < -0.39 is 0 Å². The fourth-order valence-corrected chi connectivity index (χ4v) is 3.69. The summed E-state index contributed by atoms with van der Waals surface area (Å²) in [5, 5.41) is 3.18. The van der Waals surface area contributed by atoms with Crippen molar-refractivity contribution in [1.29, 1.82) is 0 Å². The highest BCUT2D eigenvalue weighted by molar-refractivity contribution is 5.76. The number of rotatable bonds is 10. The number of hydrogen-bond acceptors (Lipinski definition) is 5. The summed E-state index contributed by atoms with van der Waals surface area (Å²) in [7, 11) is 0. The van der Waals surface area contributed by atoms with Crippen LogP contribution in [0.2, 0.25) is 0 Å². The van der Waals surface area contributed by atoms with E-state index >= 15 is 0 Å². The molecule has 0 aromatic carbocycles. The molecular weight excluding hydrogens is 376 g/mol. The van der Waals surface area contributed by atoms with Gasteiger partial charge in [0.05, 0.1) is 35.3 Å². The van der Waals surface area contributed by atoms with E-state index in [9.17, 15) is 4.79 Å². The molecule has 1 atom stereocenters. The van der Waals surface area contributed by atoms with Crippen molar-refractivity contribution >= 4 is 16.9 Å². The maximum absolute atomic E-state index is 12.6. The van der Waals surface area contributed by atoms with Crippen molar-refractivity contribution in [1.82, 2.24) is 29.8 Å². The van der Waals surface area contributed by atoms with E-state index in [2.05, 4.69) is 50.6 Å². The lowest BCUT2D eigenvalue weighted by atomic mass is 10.0.